The van der Waals surface area contributed by atoms with Crippen molar-refractivity contribution >= 4 is 28.9 Å². The fraction of sp³-hybridized carbons (Fsp3) is 0.429. The summed E-state index contributed by atoms with van der Waals surface area (Å²) in [5.74, 6) is -0.347. The van der Waals surface area contributed by atoms with Crippen LogP contribution in [-0.4, -0.2) is 55.4 Å². The highest BCUT2D eigenvalue weighted by Gasteiger charge is 2.25. The van der Waals surface area contributed by atoms with Crippen LogP contribution in [0.3, 0.4) is 0 Å². The lowest BCUT2D eigenvalue weighted by molar-refractivity contribution is 0.138. The number of likely N-dealkylation sites (tertiary alicyclic amines) is 1. The van der Waals surface area contributed by atoms with Crippen LogP contribution >= 0.6 is 11.6 Å². The smallest absolute Gasteiger partial charge is 0.407 e. The van der Waals surface area contributed by atoms with E-state index >= 15 is 0 Å². The first-order valence-electron chi connectivity index (χ1n) is 10.5. The van der Waals surface area contributed by atoms with Crippen LogP contribution in [-0.2, 0) is 31.9 Å². The van der Waals surface area contributed by atoms with Crippen LogP contribution in [0, 0.1) is 5.82 Å². The molecule has 0 radical (unpaired) electrons. The molecule has 3 aromatic rings. The van der Waals surface area contributed by atoms with Gasteiger partial charge in [0.2, 0.25) is 0 Å². The number of rotatable bonds is 6. The maximum atomic E-state index is 14.0. The monoisotopic (exact) mass is 478 g/mol. The van der Waals surface area contributed by atoms with Crippen molar-refractivity contribution in [2.24, 2.45) is 14.1 Å². The van der Waals surface area contributed by atoms with E-state index in [1.807, 2.05) is 4.90 Å². The molecule has 0 aliphatic carbocycles. The number of carbonyl (C=O) groups is 1. The van der Waals surface area contributed by atoms with Gasteiger partial charge in [-0.1, -0.05) is 17.7 Å². The number of alkyl carbamates (subject to hydrolysis) is 1. The average Bonchev–Trinajstić information content (AvgIpc) is 3.40. The summed E-state index contributed by atoms with van der Waals surface area (Å²) in [7, 11) is 2.94. The van der Waals surface area contributed by atoms with Crippen molar-refractivity contribution in [1.29, 1.82) is 0 Å². The minimum atomic E-state index is -0.574. The van der Waals surface area contributed by atoms with Gasteiger partial charge >= 0.3 is 11.8 Å². The molecule has 1 aromatic carbocycles. The molecule has 1 amide bonds. The molecule has 0 spiro atoms. The summed E-state index contributed by atoms with van der Waals surface area (Å²) in [6, 6.07) is 4.47. The Morgan fingerprint density at radius 1 is 1.30 bits per heavy atom. The first-order valence-corrected chi connectivity index (χ1v) is 10.8. The van der Waals surface area contributed by atoms with Crippen molar-refractivity contribution in [3.8, 4) is 0 Å². The number of hydrogen-bond donors (Lipinski definition) is 1. The third-order valence-corrected chi connectivity index (χ3v) is 6.17. The lowest BCUT2D eigenvalue weighted by atomic mass is 10.2. The van der Waals surface area contributed by atoms with E-state index in [0.29, 0.717) is 36.6 Å². The number of carbonyl (C=O) groups excluding carboxylic acids is 1. The third kappa shape index (κ3) is 4.64. The van der Waals surface area contributed by atoms with Gasteiger partial charge in [0, 0.05) is 50.4 Å². The van der Waals surface area contributed by atoms with Crippen molar-refractivity contribution in [1.82, 2.24) is 28.9 Å². The number of amides is 1. The summed E-state index contributed by atoms with van der Waals surface area (Å²) < 4.78 is 23.1. The summed E-state index contributed by atoms with van der Waals surface area (Å²) in [4.78, 5) is 42.8. The number of nitrogens with one attached hydrogen (secondary N) is 1. The highest BCUT2D eigenvalue weighted by atomic mass is 35.5. The van der Waals surface area contributed by atoms with Crippen molar-refractivity contribution in [3.63, 3.8) is 0 Å². The molecular weight excluding hydrogens is 455 g/mol. The molecule has 4 rings (SSSR count). The zero-order valence-electron chi connectivity index (χ0n) is 18.3. The van der Waals surface area contributed by atoms with Gasteiger partial charge in [-0.3, -0.25) is 18.8 Å². The summed E-state index contributed by atoms with van der Waals surface area (Å²) in [5, 5.41) is 3.19. The van der Waals surface area contributed by atoms with E-state index in [2.05, 4.69) is 10.3 Å². The van der Waals surface area contributed by atoms with Gasteiger partial charge in [0.15, 0.2) is 11.2 Å². The molecule has 10 nitrogen and oxygen atoms in total. The van der Waals surface area contributed by atoms with Crippen molar-refractivity contribution in [3.05, 3.63) is 61.8 Å². The molecule has 0 bridgehead atoms. The molecule has 33 heavy (non-hydrogen) atoms. The average molecular weight is 479 g/mol. The number of aryl methyl sites for hydroxylation is 1. The molecule has 3 heterocycles. The van der Waals surface area contributed by atoms with E-state index in [9.17, 15) is 18.8 Å². The van der Waals surface area contributed by atoms with E-state index in [0.717, 1.165) is 4.57 Å². The number of halogens is 2. The van der Waals surface area contributed by atoms with Crippen LogP contribution < -0.4 is 16.6 Å². The SMILES string of the molecule is Cn1c(=O)c2c(ncn2CCOC(=O)NC2CCN(Cc3c(F)cccc3Cl)C2)n(C)c1=O. The number of aromatic nitrogens is 4. The summed E-state index contributed by atoms with van der Waals surface area (Å²) >= 11 is 6.10. The second kappa shape index (κ2) is 9.36. The van der Waals surface area contributed by atoms with Crippen LogP contribution in [0.1, 0.15) is 12.0 Å². The van der Waals surface area contributed by atoms with E-state index in [4.69, 9.17) is 16.3 Å². The zero-order valence-corrected chi connectivity index (χ0v) is 19.0. The molecular formula is C21H24ClFN6O4. The van der Waals surface area contributed by atoms with E-state index < -0.39 is 17.3 Å². The number of fused-ring (bicyclic) bond motifs is 1. The lowest BCUT2D eigenvalue weighted by Crippen LogP contribution is -2.38. The number of nitrogens with zero attached hydrogens (tertiary/aromatic N) is 5. The predicted octanol–water partition coefficient (Wildman–Crippen LogP) is 1.23. The molecule has 1 atom stereocenters. The van der Waals surface area contributed by atoms with Gasteiger partial charge in [-0.15, -0.1) is 0 Å². The van der Waals surface area contributed by atoms with Crippen LogP contribution in [0.15, 0.2) is 34.1 Å². The Kier molecular flexibility index (Phi) is 6.52. The Morgan fingerprint density at radius 3 is 2.85 bits per heavy atom. The summed E-state index contributed by atoms with van der Waals surface area (Å²) in [5.41, 5.74) is 0.0568. The van der Waals surface area contributed by atoms with Gasteiger partial charge < -0.3 is 14.6 Å². The van der Waals surface area contributed by atoms with Crippen molar-refractivity contribution in [2.75, 3.05) is 19.7 Å². The highest BCUT2D eigenvalue weighted by Crippen LogP contribution is 2.22. The first-order chi connectivity index (χ1) is 15.8. The zero-order chi connectivity index (χ0) is 23.7. The van der Waals surface area contributed by atoms with Gasteiger partial charge in [-0.2, -0.15) is 0 Å². The van der Waals surface area contributed by atoms with E-state index in [1.165, 1.54) is 31.1 Å². The molecule has 1 unspecified atom stereocenters. The Morgan fingerprint density at radius 2 is 2.09 bits per heavy atom. The summed E-state index contributed by atoms with van der Waals surface area (Å²) in [6.45, 7) is 1.84. The molecule has 1 N–H and O–H groups in total. The number of benzene rings is 1. The van der Waals surface area contributed by atoms with Gasteiger partial charge in [0.1, 0.15) is 12.4 Å². The standard InChI is InChI=1S/C21H24ClFN6O4/c1-26-18-17(19(30)27(2)21(26)32)29(12-24-18)8-9-33-20(31)25-13-6-7-28(10-13)11-14-15(22)4-3-5-16(14)23/h3-5,12-13H,6-11H2,1-2H3,(H,25,31). The normalized spacial score (nSPS) is 16.4. The highest BCUT2D eigenvalue weighted by molar-refractivity contribution is 6.31. The Bertz CT molecular complexity index is 1300. The molecule has 1 saturated heterocycles. The predicted molar refractivity (Wildman–Crippen MR) is 120 cm³/mol. The topological polar surface area (TPSA) is 103 Å². The molecule has 1 fully saturated rings. The van der Waals surface area contributed by atoms with Crippen molar-refractivity contribution in [2.45, 2.75) is 25.6 Å². The number of hydrogen-bond acceptors (Lipinski definition) is 6. The van der Waals surface area contributed by atoms with Crippen LogP contribution in [0.5, 0.6) is 0 Å². The fourth-order valence-corrected chi connectivity index (χ4v) is 4.24. The second-order valence-corrected chi connectivity index (χ2v) is 8.42. The maximum absolute atomic E-state index is 14.0. The summed E-state index contributed by atoms with van der Waals surface area (Å²) in [6.07, 6.45) is 1.57. The molecule has 1 aliphatic heterocycles. The molecule has 0 saturated carbocycles. The quantitative estimate of drug-likeness (QED) is 0.571. The third-order valence-electron chi connectivity index (χ3n) is 5.82. The Balaban J connectivity index is 1.29. The molecule has 12 heteroatoms. The molecule has 2 aromatic heterocycles. The van der Waals surface area contributed by atoms with E-state index in [-0.39, 0.29) is 36.2 Å². The number of imidazole rings is 1. The van der Waals surface area contributed by atoms with Crippen LogP contribution in [0.2, 0.25) is 5.02 Å². The van der Waals surface area contributed by atoms with Gasteiger partial charge in [-0.05, 0) is 18.6 Å². The minimum absolute atomic E-state index is 0.0184. The van der Waals surface area contributed by atoms with Crippen LogP contribution in [0.25, 0.3) is 11.2 Å². The Labute approximate surface area is 193 Å². The largest absolute Gasteiger partial charge is 0.448 e. The molecule has 176 valence electrons. The van der Waals surface area contributed by atoms with Gasteiger partial charge in [0.05, 0.1) is 12.9 Å². The number of ether oxygens (including phenoxy) is 1. The lowest BCUT2D eigenvalue weighted by Gasteiger charge is -2.18. The Hall–Kier alpha value is -3.18. The van der Waals surface area contributed by atoms with Crippen molar-refractivity contribution < 1.29 is 13.9 Å². The van der Waals surface area contributed by atoms with Gasteiger partial charge in [-0.25, -0.2) is 19.0 Å². The second-order valence-electron chi connectivity index (χ2n) is 8.02. The maximum Gasteiger partial charge on any atom is 0.407 e. The first kappa shape index (κ1) is 23.0. The van der Waals surface area contributed by atoms with E-state index in [1.54, 1.807) is 16.7 Å². The van der Waals surface area contributed by atoms with Crippen LogP contribution in [0.4, 0.5) is 9.18 Å². The van der Waals surface area contributed by atoms with Gasteiger partial charge in [0.25, 0.3) is 5.56 Å². The fourth-order valence-electron chi connectivity index (χ4n) is 4.01. The molecule has 1 aliphatic rings. The minimum Gasteiger partial charge on any atom is -0.448 e.